The summed E-state index contributed by atoms with van der Waals surface area (Å²) in [6, 6.07) is 9.73. The normalized spacial score (nSPS) is 12.1. The number of halogens is 1. The van der Waals surface area contributed by atoms with Crippen molar-refractivity contribution in [2.24, 2.45) is 0 Å². The molecule has 1 amide bonds. The van der Waals surface area contributed by atoms with Crippen LogP contribution >= 0.6 is 11.6 Å². The Morgan fingerprint density at radius 1 is 1.28 bits per heavy atom. The number of nitrogens with one attached hydrogen (secondary N) is 1. The van der Waals surface area contributed by atoms with E-state index in [0.29, 0.717) is 11.6 Å². The van der Waals surface area contributed by atoms with Crippen LogP contribution in [-0.2, 0) is 17.9 Å². The minimum atomic E-state index is -0.157. The van der Waals surface area contributed by atoms with Gasteiger partial charge in [0.15, 0.2) is 0 Å². The summed E-state index contributed by atoms with van der Waals surface area (Å²) in [6.07, 6.45) is 5.34. The summed E-state index contributed by atoms with van der Waals surface area (Å²) < 4.78 is 3.57. The molecule has 0 saturated heterocycles. The fourth-order valence-electron chi connectivity index (χ4n) is 2.73. The van der Waals surface area contributed by atoms with E-state index in [1.165, 1.54) is 0 Å². The Hall–Kier alpha value is -2.60. The van der Waals surface area contributed by atoms with E-state index in [1.54, 1.807) is 17.2 Å². The summed E-state index contributed by atoms with van der Waals surface area (Å²) in [7, 11) is 0. The monoisotopic (exact) mass is 357 g/mol. The Kier molecular flexibility index (Phi) is 5.19. The van der Waals surface area contributed by atoms with Crippen LogP contribution in [0.2, 0.25) is 5.02 Å². The topological polar surface area (TPSA) is 64.7 Å². The number of benzene rings is 1. The van der Waals surface area contributed by atoms with Crippen molar-refractivity contribution < 1.29 is 4.79 Å². The summed E-state index contributed by atoms with van der Waals surface area (Å²) in [5.41, 5.74) is 2.56. The predicted molar refractivity (Wildman–Crippen MR) is 96.3 cm³/mol. The van der Waals surface area contributed by atoms with Crippen molar-refractivity contribution >= 4 is 17.5 Å². The molecule has 7 heteroatoms. The van der Waals surface area contributed by atoms with E-state index in [9.17, 15) is 4.79 Å². The van der Waals surface area contributed by atoms with Crippen LogP contribution in [0.15, 0.2) is 49.1 Å². The highest BCUT2D eigenvalue weighted by atomic mass is 35.5. The predicted octanol–water partition coefficient (Wildman–Crippen LogP) is 2.91. The molecule has 0 radical (unpaired) electrons. The Morgan fingerprint density at radius 3 is 2.64 bits per heavy atom. The lowest BCUT2D eigenvalue weighted by Gasteiger charge is -2.20. The van der Waals surface area contributed by atoms with E-state index >= 15 is 0 Å². The number of aryl methyl sites for hydroxylation is 1. The Bertz CT molecular complexity index is 842. The van der Waals surface area contributed by atoms with Gasteiger partial charge < -0.3 is 9.88 Å². The molecule has 0 aliphatic rings. The van der Waals surface area contributed by atoms with Crippen LogP contribution in [0.25, 0.3) is 0 Å². The van der Waals surface area contributed by atoms with Crippen molar-refractivity contribution in [3.05, 3.63) is 71.0 Å². The van der Waals surface area contributed by atoms with Gasteiger partial charge in [-0.25, -0.2) is 4.98 Å². The van der Waals surface area contributed by atoms with Gasteiger partial charge in [-0.3, -0.25) is 9.48 Å². The van der Waals surface area contributed by atoms with Crippen molar-refractivity contribution in [3.8, 4) is 0 Å². The molecule has 130 valence electrons. The maximum absolute atomic E-state index is 12.6. The third kappa shape index (κ3) is 4.09. The second kappa shape index (κ2) is 7.53. The lowest BCUT2D eigenvalue weighted by Crippen LogP contribution is -2.34. The maximum Gasteiger partial charge on any atom is 0.242 e. The molecule has 2 heterocycles. The first-order valence-electron chi connectivity index (χ1n) is 8.04. The molecule has 0 spiro atoms. The Balaban J connectivity index is 1.75. The zero-order chi connectivity index (χ0) is 17.8. The summed E-state index contributed by atoms with van der Waals surface area (Å²) in [4.78, 5) is 16.6. The van der Waals surface area contributed by atoms with E-state index in [0.717, 1.165) is 17.0 Å². The van der Waals surface area contributed by atoms with E-state index in [1.807, 2.05) is 54.9 Å². The summed E-state index contributed by atoms with van der Waals surface area (Å²) in [5, 5.41) is 8.00. The van der Waals surface area contributed by atoms with Crippen LogP contribution in [0.3, 0.4) is 0 Å². The molecule has 2 aromatic heterocycles. The maximum atomic E-state index is 12.6. The molecule has 3 aromatic rings. The molecular weight excluding hydrogens is 338 g/mol. The molecule has 1 atom stereocenters. The fourth-order valence-corrected chi connectivity index (χ4v) is 2.87. The highest BCUT2D eigenvalue weighted by Gasteiger charge is 2.17. The number of aromatic nitrogens is 4. The van der Waals surface area contributed by atoms with Gasteiger partial charge in [0, 0.05) is 18.9 Å². The van der Waals surface area contributed by atoms with E-state index < -0.39 is 0 Å². The van der Waals surface area contributed by atoms with E-state index in [4.69, 9.17) is 11.6 Å². The highest BCUT2D eigenvalue weighted by Crippen LogP contribution is 2.19. The number of imidazole rings is 1. The summed E-state index contributed by atoms with van der Waals surface area (Å²) in [5.74, 6) is -0.115. The number of amides is 1. The SMILES string of the molecule is Cc1nn(CC(=O)NC(Cn2ccnc2)c2ccccc2)c(C)c1Cl. The first kappa shape index (κ1) is 17.2. The number of nitrogens with zero attached hydrogens (tertiary/aromatic N) is 4. The minimum Gasteiger partial charge on any atom is -0.346 e. The zero-order valence-electron chi connectivity index (χ0n) is 14.2. The molecule has 0 saturated carbocycles. The lowest BCUT2D eigenvalue weighted by atomic mass is 10.1. The molecular formula is C18H20ClN5O. The van der Waals surface area contributed by atoms with Crippen LogP contribution in [0.1, 0.15) is 23.0 Å². The number of carbonyl (C=O) groups excluding carboxylic acids is 1. The van der Waals surface area contributed by atoms with E-state index in [-0.39, 0.29) is 18.5 Å². The van der Waals surface area contributed by atoms with Crippen molar-refractivity contribution in [2.75, 3.05) is 0 Å². The summed E-state index contributed by atoms with van der Waals surface area (Å²) >= 11 is 6.15. The van der Waals surface area contributed by atoms with Gasteiger partial charge in [-0.2, -0.15) is 5.10 Å². The number of hydrogen-bond donors (Lipinski definition) is 1. The van der Waals surface area contributed by atoms with Gasteiger partial charge >= 0.3 is 0 Å². The molecule has 1 aromatic carbocycles. The van der Waals surface area contributed by atoms with Gasteiger partial charge in [-0.15, -0.1) is 0 Å². The average Bonchev–Trinajstić information content (AvgIpc) is 3.20. The number of hydrogen-bond acceptors (Lipinski definition) is 3. The standard InChI is InChI=1S/C18H20ClN5O/c1-13-18(19)14(2)24(22-13)11-17(25)21-16(10-23-9-8-20-12-23)15-6-4-3-5-7-15/h3-9,12,16H,10-11H2,1-2H3,(H,21,25). The van der Waals surface area contributed by atoms with Crippen LogP contribution < -0.4 is 5.32 Å². The van der Waals surface area contributed by atoms with Crippen LogP contribution in [0.4, 0.5) is 0 Å². The van der Waals surface area contributed by atoms with Gasteiger partial charge in [0.2, 0.25) is 5.91 Å². The van der Waals surface area contributed by atoms with Gasteiger partial charge in [-0.05, 0) is 19.4 Å². The first-order chi connectivity index (χ1) is 12.0. The molecule has 0 fully saturated rings. The molecule has 1 N–H and O–H groups in total. The average molecular weight is 358 g/mol. The summed E-state index contributed by atoms with van der Waals surface area (Å²) in [6.45, 7) is 4.42. The van der Waals surface area contributed by atoms with Crippen LogP contribution in [0.5, 0.6) is 0 Å². The molecule has 25 heavy (non-hydrogen) atoms. The number of rotatable bonds is 6. The van der Waals surface area contributed by atoms with Crippen LogP contribution in [0, 0.1) is 13.8 Å². The first-order valence-corrected chi connectivity index (χ1v) is 8.42. The zero-order valence-corrected chi connectivity index (χ0v) is 14.9. The Morgan fingerprint density at radius 2 is 2.04 bits per heavy atom. The highest BCUT2D eigenvalue weighted by molar-refractivity contribution is 6.31. The van der Waals surface area contributed by atoms with Crippen molar-refractivity contribution in [3.63, 3.8) is 0 Å². The molecule has 0 bridgehead atoms. The lowest BCUT2D eigenvalue weighted by molar-refractivity contribution is -0.122. The smallest absolute Gasteiger partial charge is 0.242 e. The van der Waals surface area contributed by atoms with Crippen LogP contribution in [-0.4, -0.2) is 25.2 Å². The fraction of sp³-hybridized carbons (Fsp3) is 0.278. The quantitative estimate of drug-likeness (QED) is 0.737. The third-order valence-corrected chi connectivity index (χ3v) is 4.62. The second-order valence-corrected chi connectivity index (χ2v) is 6.31. The van der Waals surface area contributed by atoms with Gasteiger partial charge in [0.1, 0.15) is 6.54 Å². The van der Waals surface area contributed by atoms with Crippen molar-refractivity contribution in [1.82, 2.24) is 24.6 Å². The van der Waals surface area contributed by atoms with Gasteiger partial charge in [-0.1, -0.05) is 41.9 Å². The Labute approximate surface area is 151 Å². The third-order valence-electron chi connectivity index (χ3n) is 4.08. The van der Waals surface area contributed by atoms with Crippen molar-refractivity contribution in [2.45, 2.75) is 33.0 Å². The molecule has 6 nitrogen and oxygen atoms in total. The number of carbonyl (C=O) groups is 1. The largest absolute Gasteiger partial charge is 0.346 e. The molecule has 0 aliphatic heterocycles. The second-order valence-electron chi connectivity index (χ2n) is 5.93. The minimum absolute atomic E-state index is 0.115. The van der Waals surface area contributed by atoms with Crippen molar-refractivity contribution in [1.29, 1.82) is 0 Å². The molecule has 3 rings (SSSR count). The molecule has 1 unspecified atom stereocenters. The van der Waals surface area contributed by atoms with Gasteiger partial charge in [0.05, 0.1) is 28.8 Å². The molecule has 0 aliphatic carbocycles. The van der Waals surface area contributed by atoms with Gasteiger partial charge in [0.25, 0.3) is 0 Å². The van der Waals surface area contributed by atoms with E-state index in [2.05, 4.69) is 15.4 Å².